The number of benzene rings is 2. The van der Waals surface area contributed by atoms with E-state index >= 15 is 0 Å². The van der Waals surface area contributed by atoms with Gasteiger partial charge in [-0.15, -0.1) is 0 Å². The SMILES string of the molecule is CC.CC.CC.CCOC1CCNCC1.Cc1ccccc1.c1ccccc1. The monoisotopic (exact) mass is 389 g/mol. The van der Waals surface area contributed by atoms with E-state index in [1.165, 1.54) is 18.4 Å². The number of rotatable bonds is 2. The van der Waals surface area contributed by atoms with Gasteiger partial charge in [-0.2, -0.15) is 0 Å². The van der Waals surface area contributed by atoms with Crippen LogP contribution in [0, 0.1) is 6.92 Å². The molecule has 1 saturated heterocycles. The molecule has 1 heterocycles. The van der Waals surface area contributed by atoms with Gasteiger partial charge in [-0.25, -0.2) is 0 Å². The number of aryl methyl sites for hydroxylation is 1. The predicted octanol–water partition coefficient (Wildman–Crippen LogP) is 7.54. The minimum Gasteiger partial charge on any atom is -0.378 e. The highest BCUT2D eigenvalue weighted by Crippen LogP contribution is 2.05. The van der Waals surface area contributed by atoms with Crippen molar-refractivity contribution >= 4 is 0 Å². The number of nitrogens with one attached hydrogen (secondary N) is 1. The first-order valence-electron chi connectivity index (χ1n) is 11.2. The zero-order valence-electron chi connectivity index (χ0n) is 19.9. The summed E-state index contributed by atoms with van der Waals surface area (Å²) in [6.45, 7) is 19.3. The predicted molar refractivity (Wildman–Crippen MR) is 129 cm³/mol. The van der Waals surface area contributed by atoms with Crippen LogP contribution < -0.4 is 5.32 Å². The largest absolute Gasteiger partial charge is 0.378 e. The Hall–Kier alpha value is -1.64. The van der Waals surface area contributed by atoms with Crippen LogP contribution in [0.4, 0.5) is 0 Å². The third kappa shape index (κ3) is 24.4. The van der Waals surface area contributed by atoms with Gasteiger partial charge in [-0.1, -0.05) is 114 Å². The summed E-state index contributed by atoms with van der Waals surface area (Å²) in [5.41, 5.74) is 1.32. The topological polar surface area (TPSA) is 21.3 Å². The third-order valence-corrected chi connectivity index (χ3v) is 3.30. The highest BCUT2D eigenvalue weighted by Gasteiger charge is 2.11. The molecule has 0 saturated carbocycles. The van der Waals surface area contributed by atoms with Gasteiger partial charge >= 0.3 is 0 Å². The van der Waals surface area contributed by atoms with Crippen molar-refractivity contribution in [2.45, 2.75) is 74.3 Å². The van der Waals surface area contributed by atoms with Crippen LogP contribution in [0.15, 0.2) is 66.7 Å². The van der Waals surface area contributed by atoms with Gasteiger partial charge in [0.25, 0.3) is 0 Å². The van der Waals surface area contributed by atoms with E-state index in [0.717, 1.165) is 19.7 Å². The maximum Gasteiger partial charge on any atom is 0.0599 e. The molecule has 162 valence electrons. The van der Waals surface area contributed by atoms with E-state index in [9.17, 15) is 0 Å². The second kappa shape index (κ2) is 30.1. The molecule has 1 N–H and O–H groups in total. The normalized spacial score (nSPS) is 11.7. The van der Waals surface area contributed by atoms with E-state index in [0.29, 0.717) is 6.10 Å². The summed E-state index contributed by atoms with van der Waals surface area (Å²) >= 11 is 0. The molecule has 2 aromatic rings. The first-order chi connectivity index (χ1) is 13.8. The molecule has 0 atom stereocenters. The zero-order chi connectivity index (χ0) is 21.9. The first kappa shape index (κ1) is 31.1. The van der Waals surface area contributed by atoms with E-state index < -0.39 is 0 Å². The quantitative estimate of drug-likeness (QED) is 0.573. The second-order valence-electron chi connectivity index (χ2n) is 5.21. The van der Waals surface area contributed by atoms with E-state index in [2.05, 4.69) is 31.3 Å². The Morgan fingerprint density at radius 2 is 1.07 bits per heavy atom. The van der Waals surface area contributed by atoms with Crippen LogP contribution in [-0.2, 0) is 4.74 Å². The van der Waals surface area contributed by atoms with Gasteiger partial charge in [-0.05, 0) is 39.8 Å². The Balaban J connectivity index is -0.000000299. The van der Waals surface area contributed by atoms with Crippen molar-refractivity contribution in [2.75, 3.05) is 19.7 Å². The lowest BCUT2D eigenvalue weighted by Gasteiger charge is -2.21. The lowest BCUT2D eigenvalue weighted by atomic mass is 10.1. The minimum absolute atomic E-state index is 0.538. The van der Waals surface area contributed by atoms with Crippen LogP contribution in [0.1, 0.15) is 66.9 Å². The highest BCUT2D eigenvalue weighted by atomic mass is 16.5. The smallest absolute Gasteiger partial charge is 0.0599 e. The Bertz CT molecular complexity index is 409. The van der Waals surface area contributed by atoms with Gasteiger partial charge in [0, 0.05) is 6.61 Å². The molecule has 1 aliphatic heterocycles. The van der Waals surface area contributed by atoms with Crippen LogP contribution in [-0.4, -0.2) is 25.8 Å². The molecule has 1 aliphatic rings. The lowest BCUT2D eigenvalue weighted by molar-refractivity contribution is 0.0416. The Morgan fingerprint density at radius 1 is 0.714 bits per heavy atom. The molecule has 0 aliphatic carbocycles. The van der Waals surface area contributed by atoms with E-state index in [1.54, 1.807) is 0 Å². The fourth-order valence-electron chi connectivity index (χ4n) is 2.12. The van der Waals surface area contributed by atoms with Gasteiger partial charge in [-0.3, -0.25) is 0 Å². The summed E-state index contributed by atoms with van der Waals surface area (Å²) in [6.07, 6.45) is 2.91. The van der Waals surface area contributed by atoms with E-state index in [1.807, 2.05) is 96.1 Å². The van der Waals surface area contributed by atoms with Crippen molar-refractivity contribution < 1.29 is 4.74 Å². The summed E-state index contributed by atoms with van der Waals surface area (Å²) in [6, 6.07) is 22.3. The highest BCUT2D eigenvalue weighted by molar-refractivity contribution is 5.11. The maximum atomic E-state index is 5.44. The molecule has 2 heteroatoms. The lowest BCUT2D eigenvalue weighted by Crippen LogP contribution is -2.32. The van der Waals surface area contributed by atoms with Crippen molar-refractivity contribution in [3.05, 3.63) is 72.3 Å². The molecule has 1 fully saturated rings. The summed E-state index contributed by atoms with van der Waals surface area (Å²) in [4.78, 5) is 0. The van der Waals surface area contributed by atoms with E-state index in [-0.39, 0.29) is 0 Å². The molecule has 0 spiro atoms. The van der Waals surface area contributed by atoms with Crippen LogP contribution >= 0.6 is 0 Å². The van der Waals surface area contributed by atoms with Gasteiger partial charge in [0.15, 0.2) is 0 Å². The Kier molecular flexibility index (Phi) is 33.4. The zero-order valence-corrected chi connectivity index (χ0v) is 19.9. The molecule has 0 aromatic heterocycles. The average Bonchev–Trinajstić information content (AvgIpc) is 2.81. The molecular formula is C26H47NO. The van der Waals surface area contributed by atoms with Crippen LogP contribution in [0.2, 0.25) is 0 Å². The molecule has 0 bridgehead atoms. The molecule has 2 nitrogen and oxygen atoms in total. The summed E-state index contributed by atoms with van der Waals surface area (Å²) in [5, 5.41) is 3.29. The molecule has 0 unspecified atom stereocenters. The number of piperidine rings is 1. The van der Waals surface area contributed by atoms with Gasteiger partial charge < -0.3 is 10.1 Å². The minimum atomic E-state index is 0.538. The standard InChI is InChI=1S/C7H15NO.C7H8.C6H6.3C2H6/c1-2-9-7-3-5-8-6-4-7;1-7-5-3-2-4-6-7;1-2-4-6-5-3-1;3*1-2/h7-8H,2-6H2,1H3;2-6H,1H3;1-6H;3*1-2H3. The molecule has 0 amide bonds. The second-order valence-corrected chi connectivity index (χ2v) is 5.21. The van der Waals surface area contributed by atoms with Crippen molar-refractivity contribution in [1.29, 1.82) is 0 Å². The fourth-order valence-corrected chi connectivity index (χ4v) is 2.12. The Labute approximate surface area is 176 Å². The molecule has 3 rings (SSSR count). The van der Waals surface area contributed by atoms with E-state index in [4.69, 9.17) is 4.74 Å². The number of ether oxygens (including phenoxy) is 1. The Morgan fingerprint density at radius 3 is 1.36 bits per heavy atom. The van der Waals surface area contributed by atoms with Gasteiger partial charge in [0.1, 0.15) is 0 Å². The van der Waals surface area contributed by atoms with Crippen molar-refractivity contribution in [2.24, 2.45) is 0 Å². The van der Waals surface area contributed by atoms with Crippen molar-refractivity contribution in [3.8, 4) is 0 Å². The molecule has 2 aromatic carbocycles. The maximum absolute atomic E-state index is 5.44. The van der Waals surface area contributed by atoms with Crippen LogP contribution in [0.5, 0.6) is 0 Å². The molecular weight excluding hydrogens is 342 g/mol. The average molecular weight is 390 g/mol. The van der Waals surface area contributed by atoms with Crippen molar-refractivity contribution in [3.63, 3.8) is 0 Å². The van der Waals surface area contributed by atoms with Crippen LogP contribution in [0.3, 0.4) is 0 Å². The first-order valence-corrected chi connectivity index (χ1v) is 11.2. The fraction of sp³-hybridized carbons (Fsp3) is 0.538. The summed E-state index contributed by atoms with van der Waals surface area (Å²) in [5.74, 6) is 0. The molecule has 0 radical (unpaired) electrons. The van der Waals surface area contributed by atoms with Crippen LogP contribution in [0.25, 0.3) is 0 Å². The number of hydrogen-bond acceptors (Lipinski definition) is 2. The molecule has 28 heavy (non-hydrogen) atoms. The van der Waals surface area contributed by atoms with Gasteiger partial charge in [0.05, 0.1) is 6.10 Å². The summed E-state index contributed by atoms with van der Waals surface area (Å²) < 4.78 is 5.44. The van der Waals surface area contributed by atoms with Crippen molar-refractivity contribution in [1.82, 2.24) is 5.32 Å². The van der Waals surface area contributed by atoms with Gasteiger partial charge in [0.2, 0.25) is 0 Å². The number of hydrogen-bond donors (Lipinski definition) is 1. The third-order valence-electron chi connectivity index (χ3n) is 3.30. The summed E-state index contributed by atoms with van der Waals surface area (Å²) in [7, 11) is 0.